The van der Waals surface area contributed by atoms with Gasteiger partial charge in [0, 0.05) is 20.0 Å². The number of carbonyl (C=O) groups excluding carboxylic acids is 1. The van der Waals surface area contributed by atoms with Crippen LogP contribution in [0.15, 0.2) is 4.42 Å². The Balaban J connectivity index is 1.91. The molecule has 0 aliphatic carbocycles. The molecule has 15 heavy (non-hydrogen) atoms. The van der Waals surface area contributed by atoms with Gasteiger partial charge in [0.25, 0.3) is 0 Å². The number of hydrogen-bond acceptors (Lipinski definition) is 4. The summed E-state index contributed by atoms with van der Waals surface area (Å²) in [6, 6.07) is 0. The highest BCUT2D eigenvalue weighted by Crippen LogP contribution is 2.10. The van der Waals surface area contributed by atoms with E-state index in [1.807, 2.05) is 4.90 Å². The van der Waals surface area contributed by atoms with Crippen molar-refractivity contribution in [2.24, 2.45) is 0 Å². The Morgan fingerprint density at radius 1 is 1.33 bits per heavy atom. The highest BCUT2D eigenvalue weighted by Gasteiger charge is 2.18. The topological polar surface area (TPSA) is 59.2 Å². The number of likely N-dealkylation sites (tertiary alicyclic amines) is 1. The second-order valence-corrected chi connectivity index (χ2v) is 3.83. The maximum absolute atomic E-state index is 11.8. The molecule has 0 spiro atoms. The van der Waals surface area contributed by atoms with Gasteiger partial charge in [0.1, 0.15) is 6.42 Å². The second kappa shape index (κ2) is 4.42. The van der Waals surface area contributed by atoms with Gasteiger partial charge in [0.2, 0.25) is 17.7 Å². The fourth-order valence-corrected chi connectivity index (χ4v) is 1.79. The highest BCUT2D eigenvalue weighted by atomic mass is 16.4. The summed E-state index contributed by atoms with van der Waals surface area (Å²) in [6.45, 7) is 3.46. The van der Waals surface area contributed by atoms with Crippen LogP contribution in [0, 0.1) is 6.92 Å². The number of rotatable bonds is 2. The van der Waals surface area contributed by atoms with Crippen LogP contribution < -0.4 is 0 Å². The average molecular weight is 209 g/mol. The fourth-order valence-electron chi connectivity index (χ4n) is 1.79. The number of amides is 1. The number of hydrogen-bond donors (Lipinski definition) is 0. The van der Waals surface area contributed by atoms with Crippen LogP contribution in [0.25, 0.3) is 0 Å². The van der Waals surface area contributed by atoms with E-state index in [1.54, 1.807) is 6.92 Å². The van der Waals surface area contributed by atoms with Crippen molar-refractivity contribution in [1.29, 1.82) is 0 Å². The molecule has 0 atom stereocenters. The Morgan fingerprint density at radius 2 is 2.07 bits per heavy atom. The lowest BCUT2D eigenvalue weighted by Gasteiger charge is -2.26. The van der Waals surface area contributed by atoms with Gasteiger partial charge in [-0.2, -0.15) is 0 Å². The predicted molar refractivity (Wildman–Crippen MR) is 53.2 cm³/mol. The summed E-state index contributed by atoms with van der Waals surface area (Å²) in [4.78, 5) is 13.7. The number of nitrogens with zero attached hydrogens (tertiary/aromatic N) is 3. The maximum Gasteiger partial charge on any atom is 0.231 e. The summed E-state index contributed by atoms with van der Waals surface area (Å²) >= 11 is 0. The molecule has 0 aromatic carbocycles. The molecule has 1 fully saturated rings. The molecule has 5 nitrogen and oxygen atoms in total. The van der Waals surface area contributed by atoms with Crippen LogP contribution in [-0.4, -0.2) is 34.1 Å². The van der Waals surface area contributed by atoms with Crippen molar-refractivity contribution in [3.63, 3.8) is 0 Å². The van der Waals surface area contributed by atoms with E-state index in [4.69, 9.17) is 4.42 Å². The zero-order valence-corrected chi connectivity index (χ0v) is 8.90. The molecule has 1 aromatic heterocycles. The van der Waals surface area contributed by atoms with Crippen molar-refractivity contribution in [2.75, 3.05) is 13.1 Å². The molecule has 1 amide bonds. The molecule has 0 unspecified atom stereocenters. The summed E-state index contributed by atoms with van der Waals surface area (Å²) < 4.78 is 5.18. The van der Waals surface area contributed by atoms with Crippen molar-refractivity contribution in [2.45, 2.75) is 32.6 Å². The molecule has 0 radical (unpaired) electrons. The first-order chi connectivity index (χ1) is 7.25. The highest BCUT2D eigenvalue weighted by molar-refractivity contribution is 5.77. The molecule has 2 rings (SSSR count). The van der Waals surface area contributed by atoms with Crippen LogP contribution in [0.3, 0.4) is 0 Å². The van der Waals surface area contributed by atoms with Crippen molar-refractivity contribution >= 4 is 5.91 Å². The van der Waals surface area contributed by atoms with Crippen LogP contribution in [0.1, 0.15) is 31.0 Å². The molecule has 1 aliphatic heterocycles. The van der Waals surface area contributed by atoms with Gasteiger partial charge in [-0.15, -0.1) is 10.2 Å². The maximum atomic E-state index is 11.8. The third-order valence-corrected chi connectivity index (χ3v) is 2.58. The minimum absolute atomic E-state index is 0.0957. The lowest BCUT2D eigenvalue weighted by molar-refractivity contribution is -0.131. The molecule has 1 saturated heterocycles. The third kappa shape index (κ3) is 2.55. The van der Waals surface area contributed by atoms with E-state index >= 15 is 0 Å². The lowest BCUT2D eigenvalue weighted by Crippen LogP contribution is -2.36. The van der Waals surface area contributed by atoms with Gasteiger partial charge < -0.3 is 9.32 Å². The van der Waals surface area contributed by atoms with Crippen LogP contribution in [0.5, 0.6) is 0 Å². The van der Waals surface area contributed by atoms with Gasteiger partial charge in [-0.3, -0.25) is 4.79 Å². The van der Waals surface area contributed by atoms with E-state index in [-0.39, 0.29) is 12.3 Å². The summed E-state index contributed by atoms with van der Waals surface area (Å²) in [5.41, 5.74) is 0. The lowest BCUT2D eigenvalue weighted by atomic mass is 10.1. The van der Waals surface area contributed by atoms with E-state index in [2.05, 4.69) is 10.2 Å². The first kappa shape index (κ1) is 10.1. The predicted octanol–water partition coefficient (Wildman–Crippen LogP) is 0.933. The van der Waals surface area contributed by atoms with Gasteiger partial charge in [-0.25, -0.2) is 0 Å². The summed E-state index contributed by atoms with van der Waals surface area (Å²) in [5.74, 6) is 1.03. The van der Waals surface area contributed by atoms with Crippen molar-refractivity contribution in [3.05, 3.63) is 11.8 Å². The SMILES string of the molecule is Cc1nnc(CC(=O)N2CCCCC2)o1. The molecule has 1 aliphatic rings. The fraction of sp³-hybridized carbons (Fsp3) is 0.700. The Hall–Kier alpha value is -1.39. The van der Waals surface area contributed by atoms with Gasteiger partial charge in [0.05, 0.1) is 0 Å². The largest absolute Gasteiger partial charge is 0.425 e. The standard InChI is InChI=1S/C10H15N3O2/c1-8-11-12-9(15-8)7-10(14)13-5-3-2-4-6-13/h2-7H2,1H3. The molecule has 2 heterocycles. The van der Waals surface area contributed by atoms with Gasteiger partial charge in [-0.1, -0.05) is 0 Å². The van der Waals surface area contributed by atoms with E-state index in [1.165, 1.54) is 6.42 Å². The molecule has 5 heteroatoms. The van der Waals surface area contributed by atoms with Crippen LogP contribution in [-0.2, 0) is 11.2 Å². The third-order valence-electron chi connectivity index (χ3n) is 2.58. The molecule has 0 saturated carbocycles. The molecule has 1 aromatic rings. The Bertz CT molecular complexity index is 342. The van der Waals surface area contributed by atoms with E-state index in [0.29, 0.717) is 11.8 Å². The Kier molecular flexibility index (Phi) is 2.99. The first-order valence-electron chi connectivity index (χ1n) is 5.32. The van der Waals surface area contributed by atoms with Gasteiger partial charge in [-0.05, 0) is 19.3 Å². The Morgan fingerprint density at radius 3 is 2.67 bits per heavy atom. The van der Waals surface area contributed by atoms with Crippen LogP contribution in [0.4, 0.5) is 0 Å². The van der Waals surface area contributed by atoms with Crippen molar-refractivity contribution < 1.29 is 9.21 Å². The normalized spacial score (nSPS) is 16.7. The molecular formula is C10H15N3O2. The smallest absolute Gasteiger partial charge is 0.231 e. The molecular weight excluding hydrogens is 194 g/mol. The van der Waals surface area contributed by atoms with Crippen LogP contribution in [0.2, 0.25) is 0 Å². The summed E-state index contributed by atoms with van der Waals surface area (Å²) in [5, 5.41) is 7.51. The number of piperidine rings is 1. The van der Waals surface area contributed by atoms with Crippen molar-refractivity contribution in [3.8, 4) is 0 Å². The number of aryl methyl sites for hydroxylation is 1. The Labute approximate surface area is 88.5 Å². The number of carbonyl (C=O) groups is 1. The zero-order valence-electron chi connectivity index (χ0n) is 8.90. The van der Waals surface area contributed by atoms with Gasteiger partial charge in [0.15, 0.2) is 0 Å². The first-order valence-corrected chi connectivity index (χ1v) is 5.32. The van der Waals surface area contributed by atoms with Gasteiger partial charge >= 0.3 is 0 Å². The number of aromatic nitrogens is 2. The van der Waals surface area contributed by atoms with E-state index in [9.17, 15) is 4.79 Å². The van der Waals surface area contributed by atoms with Crippen molar-refractivity contribution in [1.82, 2.24) is 15.1 Å². The average Bonchev–Trinajstić information content (AvgIpc) is 2.65. The molecule has 82 valence electrons. The van der Waals surface area contributed by atoms with Crippen LogP contribution >= 0.6 is 0 Å². The monoisotopic (exact) mass is 209 g/mol. The summed E-state index contributed by atoms with van der Waals surface area (Å²) in [6.07, 6.45) is 3.67. The minimum atomic E-state index is 0.0957. The molecule has 0 N–H and O–H groups in total. The molecule has 0 bridgehead atoms. The quantitative estimate of drug-likeness (QED) is 0.727. The van der Waals surface area contributed by atoms with E-state index in [0.717, 1.165) is 25.9 Å². The second-order valence-electron chi connectivity index (χ2n) is 3.83. The summed E-state index contributed by atoms with van der Waals surface area (Å²) in [7, 11) is 0. The minimum Gasteiger partial charge on any atom is -0.425 e. The van der Waals surface area contributed by atoms with E-state index < -0.39 is 0 Å². The zero-order chi connectivity index (χ0) is 10.7.